The van der Waals surface area contributed by atoms with E-state index in [9.17, 15) is 8.78 Å². The third-order valence-corrected chi connectivity index (χ3v) is 2.80. The minimum Gasteiger partial charge on any atom is -0.486 e. The van der Waals surface area contributed by atoms with Gasteiger partial charge in [0.2, 0.25) is 0 Å². The number of hydrogen-bond donors (Lipinski definition) is 1. The van der Waals surface area contributed by atoms with E-state index in [1.807, 2.05) is 6.07 Å². The van der Waals surface area contributed by atoms with Crippen molar-refractivity contribution in [3.8, 4) is 5.75 Å². The molecule has 0 saturated heterocycles. The molecular formula is C16H19F2NO2. The van der Waals surface area contributed by atoms with E-state index in [-0.39, 0.29) is 17.9 Å². The quantitative estimate of drug-likeness (QED) is 0.904. The van der Waals surface area contributed by atoms with Crippen molar-refractivity contribution >= 4 is 0 Å². The number of rotatable bonds is 5. The second-order valence-electron chi connectivity index (χ2n) is 5.89. The van der Waals surface area contributed by atoms with E-state index in [0.717, 1.165) is 17.7 Å². The van der Waals surface area contributed by atoms with Crippen molar-refractivity contribution in [2.75, 3.05) is 0 Å². The summed E-state index contributed by atoms with van der Waals surface area (Å²) in [5, 5.41) is 3.35. The highest BCUT2D eigenvalue weighted by molar-refractivity contribution is 5.24. The molecule has 0 saturated carbocycles. The van der Waals surface area contributed by atoms with Gasteiger partial charge in [-0.2, -0.15) is 0 Å². The van der Waals surface area contributed by atoms with E-state index < -0.39 is 11.6 Å². The maximum atomic E-state index is 13.0. The molecule has 0 bridgehead atoms. The summed E-state index contributed by atoms with van der Waals surface area (Å²) in [7, 11) is 0. The highest BCUT2D eigenvalue weighted by Crippen LogP contribution is 2.18. The van der Waals surface area contributed by atoms with Gasteiger partial charge in [-0.25, -0.2) is 8.78 Å². The van der Waals surface area contributed by atoms with Crippen LogP contribution >= 0.6 is 0 Å². The zero-order valence-corrected chi connectivity index (χ0v) is 12.4. The summed E-state index contributed by atoms with van der Waals surface area (Å²) < 4.78 is 36.6. The number of hydrogen-bond acceptors (Lipinski definition) is 3. The molecule has 1 heterocycles. The lowest BCUT2D eigenvalue weighted by Gasteiger charge is -2.19. The largest absolute Gasteiger partial charge is 0.486 e. The summed E-state index contributed by atoms with van der Waals surface area (Å²) in [5.41, 5.74) is 1.04. The summed E-state index contributed by atoms with van der Waals surface area (Å²) in [6.45, 7) is 7.11. The molecule has 0 aliphatic rings. The molecule has 0 unspecified atom stereocenters. The SMILES string of the molecule is CC(C)(C)NCc1coc(COc2ccc(F)c(F)c2)c1. The first-order chi connectivity index (χ1) is 9.83. The van der Waals surface area contributed by atoms with Crippen LogP contribution in [0.25, 0.3) is 0 Å². The van der Waals surface area contributed by atoms with Gasteiger partial charge in [0.25, 0.3) is 0 Å². The van der Waals surface area contributed by atoms with E-state index in [1.165, 1.54) is 6.07 Å². The predicted octanol–water partition coefficient (Wildman–Crippen LogP) is 4.02. The zero-order chi connectivity index (χ0) is 15.5. The van der Waals surface area contributed by atoms with Crippen molar-refractivity contribution in [3.05, 3.63) is 53.5 Å². The lowest BCUT2D eigenvalue weighted by atomic mass is 10.1. The summed E-state index contributed by atoms with van der Waals surface area (Å²) >= 11 is 0. The van der Waals surface area contributed by atoms with Crippen molar-refractivity contribution in [3.63, 3.8) is 0 Å². The first kappa shape index (κ1) is 15.5. The lowest BCUT2D eigenvalue weighted by Crippen LogP contribution is -2.34. The van der Waals surface area contributed by atoms with Crippen LogP contribution in [0.5, 0.6) is 5.75 Å². The minimum absolute atomic E-state index is 0.0274. The van der Waals surface area contributed by atoms with E-state index in [4.69, 9.17) is 9.15 Å². The fourth-order valence-corrected chi connectivity index (χ4v) is 1.68. The Labute approximate surface area is 122 Å². The first-order valence-electron chi connectivity index (χ1n) is 6.73. The third-order valence-electron chi connectivity index (χ3n) is 2.80. The average molecular weight is 295 g/mol. The molecule has 2 aromatic rings. The minimum atomic E-state index is -0.929. The second kappa shape index (κ2) is 6.26. The average Bonchev–Trinajstić information content (AvgIpc) is 2.85. The Balaban J connectivity index is 1.89. The number of benzene rings is 1. The molecule has 0 amide bonds. The fraction of sp³-hybridized carbons (Fsp3) is 0.375. The molecule has 1 aromatic heterocycles. The topological polar surface area (TPSA) is 34.4 Å². The maximum Gasteiger partial charge on any atom is 0.162 e. The van der Waals surface area contributed by atoms with Crippen LogP contribution in [0.1, 0.15) is 32.1 Å². The molecule has 0 aliphatic carbocycles. The highest BCUT2D eigenvalue weighted by atomic mass is 19.2. The van der Waals surface area contributed by atoms with Gasteiger partial charge in [0.1, 0.15) is 18.1 Å². The highest BCUT2D eigenvalue weighted by Gasteiger charge is 2.10. The van der Waals surface area contributed by atoms with E-state index in [0.29, 0.717) is 12.3 Å². The van der Waals surface area contributed by atoms with Gasteiger partial charge in [-0.1, -0.05) is 0 Å². The van der Waals surface area contributed by atoms with Gasteiger partial charge in [-0.3, -0.25) is 0 Å². The lowest BCUT2D eigenvalue weighted by molar-refractivity contribution is 0.268. The molecule has 0 spiro atoms. The van der Waals surface area contributed by atoms with Crippen molar-refractivity contribution in [1.82, 2.24) is 5.32 Å². The molecule has 2 rings (SSSR count). The van der Waals surface area contributed by atoms with Crippen LogP contribution in [-0.2, 0) is 13.2 Å². The van der Waals surface area contributed by atoms with Gasteiger partial charge >= 0.3 is 0 Å². The second-order valence-corrected chi connectivity index (χ2v) is 5.89. The predicted molar refractivity (Wildman–Crippen MR) is 76.0 cm³/mol. The summed E-state index contributed by atoms with van der Waals surface area (Å²) in [5.74, 6) is -0.928. The van der Waals surface area contributed by atoms with Gasteiger partial charge in [0, 0.05) is 23.7 Å². The summed E-state index contributed by atoms with van der Waals surface area (Å²) in [4.78, 5) is 0. The van der Waals surface area contributed by atoms with Crippen molar-refractivity contribution in [2.24, 2.45) is 0 Å². The molecular weight excluding hydrogens is 276 g/mol. The molecule has 5 heteroatoms. The Hall–Kier alpha value is -1.88. The Morgan fingerprint density at radius 1 is 1.14 bits per heavy atom. The van der Waals surface area contributed by atoms with Gasteiger partial charge in [-0.15, -0.1) is 0 Å². The molecule has 0 aliphatic heterocycles. The van der Waals surface area contributed by atoms with Crippen LogP contribution in [0.4, 0.5) is 8.78 Å². The number of furan rings is 1. The van der Waals surface area contributed by atoms with Gasteiger partial charge in [0.05, 0.1) is 6.26 Å². The molecule has 1 aromatic carbocycles. The molecule has 0 radical (unpaired) electrons. The van der Waals surface area contributed by atoms with Crippen molar-refractivity contribution in [2.45, 2.75) is 39.5 Å². The molecule has 0 atom stereocenters. The van der Waals surface area contributed by atoms with E-state index >= 15 is 0 Å². The van der Waals surface area contributed by atoms with Crippen LogP contribution in [0.15, 0.2) is 34.9 Å². The number of halogens is 2. The van der Waals surface area contributed by atoms with Gasteiger partial charge in [0.15, 0.2) is 11.6 Å². The van der Waals surface area contributed by atoms with Gasteiger partial charge < -0.3 is 14.5 Å². The van der Waals surface area contributed by atoms with Crippen molar-refractivity contribution in [1.29, 1.82) is 0 Å². The van der Waals surface area contributed by atoms with E-state index in [2.05, 4.69) is 26.1 Å². The summed E-state index contributed by atoms with van der Waals surface area (Å²) in [6, 6.07) is 5.30. The monoisotopic (exact) mass is 295 g/mol. The van der Waals surface area contributed by atoms with Crippen molar-refractivity contribution < 1.29 is 17.9 Å². The smallest absolute Gasteiger partial charge is 0.162 e. The van der Waals surface area contributed by atoms with Crippen LogP contribution in [-0.4, -0.2) is 5.54 Å². The Bertz CT molecular complexity index is 603. The maximum absolute atomic E-state index is 13.0. The zero-order valence-electron chi connectivity index (χ0n) is 12.4. The van der Waals surface area contributed by atoms with Crippen LogP contribution in [0.2, 0.25) is 0 Å². The number of nitrogens with one attached hydrogen (secondary N) is 1. The molecule has 1 N–H and O–H groups in total. The molecule has 0 fully saturated rings. The van der Waals surface area contributed by atoms with Crippen LogP contribution < -0.4 is 10.1 Å². The normalized spacial score (nSPS) is 11.7. The first-order valence-corrected chi connectivity index (χ1v) is 6.73. The Morgan fingerprint density at radius 2 is 1.90 bits per heavy atom. The van der Waals surface area contributed by atoms with E-state index in [1.54, 1.807) is 6.26 Å². The fourth-order valence-electron chi connectivity index (χ4n) is 1.68. The van der Waals surface area contributed by atoms with Gasteiger partial charge in [-0.05, 0) is 39.0 Å². The number of ether oxygens (including phenoxy) is 1. The standard InChI is InChI=1S/C16H19F2NO2/c1-16(2,3)19-8-11-6-13(20-9-11)10-21-12-4-5-14(17)15(18)7-12/h4-7,9,19H,8,10H2,1-3H3. The van der Waals surface area contributed by atoms with Crippen LogP contribution in [0.3, 0.4) is 0 Å². The third kappa shape index (κ3) is 4.86. The molecule has 21 heavy (non-hydrogen) atoms. The Kier molecular flexibility index (Phi) is 4.63. The molecule has 114 valence electrons. The molecule has 3 nitrogen and oxygen atoms in total. The van der Waals surface area contributed by atoms with Crippen LogP contribution in [0, 0.1) is 11.6 Å². The Morgan fingerprint density at radius 3 is 2.57 bits per heavy atom. The summed E-state index contributed by atoms with van der Waals surface area (Å²) in [6.07, 6.45) is 1.66.